The van der Waals surface area contributed by atoms with Crippen LogP contribution in [0.4, 0.5) is 0 Å². The highest BCUT2D eigenvalue weighted by Crippen LogP contribution is 2.32. The van der Waals surface area contributed by atoms with Gasteiger partial charge in [0.05, 0.1) is 6.08 Å². The smallest absolute Gasteiger partial charge is 0.0683 e. The number of hydrogen-bond acceptors (Lipinski definition) is 0. The van der Waals surface area contributed by atoms with E-state index in [-0.39, 0.29) is 0 Å². The van der Waals surface area contributed by atoms with Crippen molar-refractivity contribution in [3.63, 3.8) is 0 Å². The first-order chi connectivity index (χ1) is 11.4. The summed E-state index contributed by atoms with van der Waals surface area (Å²) in [6.45, 7) is 10.0. The minimum Gasteiger partial charge on any atom is -0.0683 e. The molecule has 0 amide bonds. The second-order valence-electron chi connectivity index (χ2n) is 5.29. The van der Waals surface area contributed by atoms with Gasteiger partial charge in [0.2, 0.25) is 0 Å². The van der Waals surface area contributed by atoms with Crippen LogP contribution in [0.25, 0.3) is 0 Å². The van der Waals surface area contributed by atoms with Gasteiger partial charge in [-0.05, 0) is 31.2 Å². The van der Waals surface area contributed by atoms with Crippen LogP contribution in [-0.2, 0) is 0 Å². The van der Waals surface area contributed by atoms with Crippen molar-refractivity contribution in [2.75, 3.05) is 0 Å². The SMILES string of the molecule is CC.CC.CC1=CC=CC=[C+]1.c1ccc(C2CCCCC2)cc1. The molecular formula is C23H35+. The molecule has 0 unspecified atom stereocenters. The van der Waals surface area contributed by atoms with Crippen LogP contribution in [0.1, 0.15) is 78.2 Å². The van der Waals surface area contributed by atoms with Crippen molar-refractivity contribution in [2.24, 2.45) is 0 Å². The summed E-state index contributed by atoms with van der Waals surface area (Å²) in [4.78, 5) is 0. The Kier molecular flexibility index (Phi) is 14.2. The second kappa shape index (κ2) is 15.3. The van der Waals surface area contributed by atoms with Gasteiger partial charge in [-0.1, -0.05) is 77.3 Å². The molecule has 1 aromatic carbocycles. The van der Waals surface area contributed by atoms with Crippen LogP contribution in [0.2, 0.25) is 0 Å². The molecule has 1 aromatic rings. The summed E-state index contributed by atoms with van der Waals surface area (Å²) in [6, 6.07) is 11.0. The molecule has 0 aromatic heterocycles. The standard InChI is InChI=1S/C12H16.C7H7.2C2H6/c1-3-7-11(8-4-1)12-9-5-2-6-10-12;1-7-5-3-2-4-6-7;2*1-2/h1,3-4,7-8,12H,2,5-6,9-10H2;2-5H,1H3;2*1-2H3/q;+1;;. The minimum absolute atomic E-state index is 0.861. The number of allylic oxidation sites excluding steroid dienone is 6. The summed E-state index contributed by atoms with van der Waals surface area (Å²) in [5.41, 5.74) is 2.75. The van der Waals surface area contributed by atoms with E-state index >= 15 is 0 Å². The maximum absolute atomic E-state index is 3.03. The lowest BCUT2D eigenvalue weighted by atomic mass is 9.84. The van der Waals surface area contributed by atoms with Gasteiger partial charge in [-0.2, -0.15) is 0 Å². The quantitative estimate of drug-likeness (QED) is 0.467. The number of rotatable bonds is 1. The highest BCUT2D eigenvalue weighted by Gasteiger charge is 2.14. The molecule has 3 rings (SSSR count). The molecule has 0 nitrogen and oxygen atoms in total. The van der Waals surface area contributed by atoms with E-state index in [2.05, 4.69) is 36.4 Å². The van der Waals surface area contributed by atoms with Gasteiger partial charge in [0.25, 0.3) is 0 Å². The van der Waals surface area contributed by atoms with Crippen molar-refractivity contribution in [2.45, 2.75) is 72.6 Å². The molecule has 0 heterocycles. The van der Waals surface area contributed by atoms with Crippen molar-refractivity contribution < 1.29 is 0 Å². The molecule has 23 heavy (non-hydrogen) atoms. The second-order valence-corrected chi connectivity index (χ2v) is 5.29. The Morgan fingerprint density at radius 2 is 1.43 bits per heavy atom. The first-order valence-corrected chi connectivity index (χ1v) is 9.34. The molecule has 1 fully saturated rings. The fourth-order valence-electron chi connectivity index (χ4n) is 2.64. The Morgan fingerprint density at radius 3 is 1.87 bits per heavy atom. The predicted octanol–water partition coefficient (Wildman–Crippen LogP) is 7.65. The highest BCUT2D eigenvalue weighted by molar-refractivity contribution is 5.26. The Hall–Kier alpha value is -1.65. The van der Waals surface area contributed by atoms with Gasteiger partial charge < -0.3 is 0 Å². The van der Waals surface area contributed by atoms with Crippen LogP contribution >= 0.6 is 0 Å². The molecule has 0 radical (unpaired) electrons. The van der Waals surface area contributed by atoms with E-state index in [9.17, 15) is 0 Å². The highest BCUT2D eigenvalue weighted by atomic mass is 14.2. The third-order valence-electron chi connectivity index (χ3n) is 3.74. The molecule has 0 saturated heterocycles. The normalized spacial score (nSPS) is 15.4. The Morgan fingerprint density at radius 1 is 0.826 bits per heavy atom. The monoisotopic (exact) mass is 311 g/mol. The molecule has 1 saturated carbocycles. The lowest BCUT2D eigenvalue weighted by molar-refractivity contribution is 0.443. The molecule has 2 aliphatic rings. The maximum Gasteiger partial charge on any atom is 0.112 e. The Bertz CT molecular complexity index is 442. The molecule has 2 aliphatic carbocycles. The van der Waals surface area contributed by atoms with Crippen molar-refractivity contribution in [1.82, 2.24) is 0 Å². The third kappa shape index (κ3) is 9.87. The van der Waals surface area contributed by atoms with Gasteiger partial charge in [-0.15, -0.1) is 0 Å². The van der Waals surface area contributed by atoms with E-state index in [0.29, 0.717) is 0 Å². The van der Waals surface area contributed by atoms with E-state index in [0.717, 1.165) is 5.92 Å². The molecule has 126 valence electrons. The topological polar surface area (TPSA) is 0 Å². The first kappa shape index (κ1) is 21.4. The van der Waals surface area contributed by atoms with Gasteiger partial charge in [0, 0.05) is 18.2 Å². The van der Waals surface area contributed by atoms with Gasteiger partial charge in [0.15, 0.2) is 0 Å². The fourth-order valence-corrected chi connectivity index (χ4v) is 2.64. The largest absolute Gasteiger partial charge is 0.112 e. The van der Waals surface area contributed by atoms with Crippen LogP contribution in [-0.4, -0.2) is 0 Å². The fraction of sp³-hybridized carbons (Fsp3) is 0.478. The first-order valence-electron chi connectivity index (χ1n) is 9.34. The third-order valence-corrected chi connectivity index (χ3v) is 3.74. The summed E-state index contributed by atoms with van der Waals surface area (Å²) in [5, 5.41) is 0. The van der Waals surface area contributed by atoms with Gasteiger partial charge >= 0.3 is 0 Å². The summed E-state index contributed by atoms with van der Waals surface area (Å²) in [6.07, 6.45) is 18.1. The van der Waals surface area contributed by atoms with Crippen molar-refractivity contribution >= 4 is 0 Å². The minimum atomic E-state index is 0.861. The lowest BCUT2D eigenvalue weighted by Crippen LogP contribution is -2.03. The van der Waals surface area contributed by atoms with Crippen molar-refractivity contribution in [3.8, 4) is 0 Å². The Labute approximate surface area is 145 Å². The van der Waals surface area contributed by atoms with Crippen LogP contribution in [0.15, 0.2) is 60.2 Å². The molecule has 0 heteroatoms. The van der Waals surface area contributed by atoms with Gasteiger partial charge in [0.1, 0.15) is 11.6 Å². The van der Waals surface area contributed by atoms with Crippen LogP contribution < -0.4 is 0 Å². The molecular weight excluding hydrogens is 276 g/mol. The molecule has 0 atom stereocenters. The summed E-state index contributed by atoms with van der Waals surface area (Å²) in [5.74, 6) is 0.861. The van der Waals surface area contributed by atoms with Gasteiger partial charge in [-0.25, -0.2) is 0 Å². The van der Waals surface area contributed by atoms with Crippen LogP contribution in [0, 0.1) is 6.08 Å². The predicted molar refractivity (Wildman–Crippen MR) is 106 cm³/mol. The Balaban J connectivity index is 0.000000377. The van der Waals surface area contributed by atoms with Crippen molar-refractivity contribution in [1.29, 1.82) is 0 Å². The van der Waals surface area contributed by atoms with E-state index in [1.54, 1.807) is 5.56 Å². The zero-order chi connectivity index (χ0) is 17.3. The maximum atomic E-state index is 3.03. The molecule has 0 N–H and O–H groups in total. The molecule has 0 spiro atoms. The summed E-state index contributed by atoms with van der Waals surface area (Å²) in [7, 11) is 0. The average molecular weight is 312 g/mol. The zero-order valence-corrected chi connectivity index (χ0v) is 15.8. The summed E-state index contributed by atoms with van der Waals surface area (Å²) < 4.78 is 0. The average Bonchev–Trinajstić information content (AvgIpc) is 2.68. The van der Waals surface area contributed by atoms with Crippen LogP contribution in [0.3, 0.4) is 0 Å². The lowest BCUT2D eigenvalue weighted by Gasteiger charge is -2.21. The van der Waals surface area contributed by atoms with E-state index in [4.69, 9.17) is 0 Å². The zero-order valence-electron chi connectivity index (χ0n) is 15.8. The van der Waals surface area contributed by atoms with E-state index in [1.807, 2.05) is 58.9 Å². The van der Waals surface area contributed by atoms with E-state index in [1.165, 1.54) is 37.7 Å². The number of benzene rings is 1. The molecule has 0 aliphatic heterocycles. The number of hydrogen-bond donors (Lipinski definition) is 0. The van der Waals surface area contributed by atoms with Crippen molar-refractivity contribution in [3.05, 3.63) is 71.8 Å². The molecule has 0 bridgehead atoms. The van der Waals surface area contributed by atoms with Gasteiger partial charge in [-0.3, -0.25) is 0 Å². The summed E-state index contributed by atoms with van der Waals surface area (Å²) >= 11 is 0. The van der Waals surface area contributed by atoms with Crippen LogP contribution in [0.5, 0.6) is 0 Å². The van der Waals surface area contributed by atoms with E-state index < -0.39 is 0 Å².